The van der Waals surface area contributed by atoms with Crippen LogP contribution in [-0.4, -0.2) is 31.8 Å². The largest absolute Gasteiger partial charge is 0.497 e. The van der Waals surface area contributed by atoms with Crippen molar-refractivity contribution in [3.63, 3.8) is 0 Å². The predicted molar refractivity (Wildman–Crippen MR) is 111 cm³/mol. The van der Waals surface area contributed by atoms with E-state index in [0.717, 1.165) is 17.1 Å². The Bertz CT molecular complexity index is 864. The fraction of sp³-hybridized carbons (Fsp3) is 0.435. The second kappa shape index (κ2) is 8.64. The summed E-state index contributed by atoms with van der Waals surface area (Å²) in [6, 6.07) is 12.7. The predicted octanol–water partition coefficient (Wildman–Crippen LogP) is 4.28. The Labute approximate surface area is 172 Å². The van der Waals surface area contributed by atoms with Crippen LogP contribution in [0.3, 0.4) is 0 Å². The van der Waals surface area contributed by atoms with Crippen molar-refractivity contribution < 1.29 is 23.7 Å². The summed E-state index contributed by atoms with van der Waals surface area (Å²) < 4.78 is 22.6. The lowest BCUT2D eigenvalue weighted by Gasteiger charge is -2.38. The van der Waals surface area contributed by atoms with Crippen LogP contribution in [-0.2, 0) is 4.79 Å². The molecule has 0 saturated carbocycles. The van der Waals surface area contributed by atoms with E-state index in [2.05, 4.69) is 5.32 Å². The summed E-state index contributed by atoms with van der Waals surface area (Å²) in [7, 11) is 3.22. The number of hydrogen-bond acceptors (Lipinski definition) is 5. The molecule has 2 aromatic carbocycles. The number of nitrogens with one attached hydrogen (secondary N) is 1. The third-order valence-electron chi connectivity index (χ3n) is 4.97. The molecule has 1 heterocycles. The second-order valence-corrected chi connectivity index (χ2v) is 7.72. The number of amides is 1. The van der Waals surface area contributed by atoms with Crippen LogP contribution in [0.15, 0.2) is 42.5 Å². The lowest BCUT2D eigenvalue weighted by atomic mass is 9.89. The van der Waals surface area contributed by atoms with Crippen molar-refractivity contribution in [3.8, 4) is 23.0 Å². The highest BCUT2D eigenvalue weighted by atomic mass is 16.5. The van der Waals surface area contributed by atoms with Crippen LogP contribution in [0.1, 0.15) is 45.2 Å². The molecule has 0 saturated heterocycles. The van der Waals surface area contributed by atoms with Crippen molar-refractivity contribution in [1.29, 1.82) is 0 Å². The Morgan fingerprint density at radius 2 is 1.83 bits per heavy atom. The zero-order chi connectivity index (χ0) is 21.0. The molecule has 29 heavy (non-hydrogen) atoms. The number of ether oxygens (including phenoxy) is 4. The van der Waals surface area contributed by atoms with Gasteiger partial charge in [0.15, 0.2) is 6.10 Å². The molecule has 0 bridgehead atoms. The lowest BCUT2D eigenvalue weighted by Crippen LogP contribution is -2.45. The Hall–Kier alpha value is -2.89. The van der Waals surface area contributed by atoms with Crippen molar-refractivity contribution in [2.24, 2.45) is 0 Å². The first-order valence-corrected chi connectivity index (χ1v) is 9.83. The van der Waals surface area contributed by atoms with Gasteiger partial charge in [0.05, 0.1) is 20.3 Å². The maximum absolute atomic E-state index is 13.0. The molecule has 0 spiro atoms. The summed E-state index contributed by atoms with van der Waals surface area (Å²) in [6.07, 6.45) is 0.580. The fourth-order valence-corrected chi connectivity index (χ4v) is 3.51. The molecule has 1 N–H and O–H groups in total. The smallest absolute Gasteiger partial charge is 0.261 e. The number of carbonyl (C=O) groups excluding carboxylic acids is 1. The van der Waals surface area contributed by atoms with Crippen LogP contribution in [0.2, 0.25) is 0 Å². The van der Waals surface area contributed by atoms with Crippen LogP contribution in [0.4, 0.5) is 0 Å². The normalized spacial score (nSPS) is 18.0. The molecule has 3 rings (SSSR count). The Kier molecular flexibility index (Phi) is 6.20. The fourth-order valence-electron chi connectivity index (χ4n) is 3.51. The van der Waals surface area contributed by atoms with Gasteiger partial charge in [-0.3, -0.25) is 4.79 Å². The van der Waals surface area contributed by atoms with E-state index in [1.54, 1.807) is 20.3 Å². The average Bonchev–Trinajstić information content (AvgIpc) is 2.71. The van der Waals surface area contributed by atoms with Crippen molar-refractivity contribution in [3.05, 3.63) is 48.0 Å². The molecule has 0 aliphatic carbocycles. The van der Waals surface area contributed by atoms with Gasteiger partial charge in [-0.1, -0.05) is 13.0 Å². The second-order valence-electron chi connectivity index (χ2n) is 7.72. The van der Waals surface area contributed by atoms with Gasteiger partial charge in [0.2, 0.25) is 0 Å². The first-order valence-electron chi connectivity index (χ1n) is 9.83. The van der Waals surface area contributed by atoms with Crippen molar-refractivity contribution in [2.45, 2.75) is 51.4 Å². The van der Waals surface area contributed by atoms with E-state index in [9.17, 15) is 4.79 Å². The molecular formula is C23H29NO5. The summed E-state index contributed by atoms with van der Waals surface area (Å²) in [6.45, 7) is 5.96. The Balaban J connectivity index is 1.79. The topological polar surface area (TPSA) is 66.0 Å². The first kappa shape index (κ1) is 20.8. The number of rotatable bonds is 7. The molecule has 0 radical (unpaired) electrons. The van der Waals surface area contributed by atoms with Gasteiger partial charge in [0, 0.05) is 18.1 Å². The van der Waals surface area contributed by atoms with Crippen LogP contribution in [0.5, 0.6) is 23.0 Å². The highest BCUT2D eigenvalue weighted by molar-refractivity contribution is 5.81. The summed E-state index contributed by atoms with van der Waals surface area (Å²) in [5.41, 5.74) is 0.516. The molecule has 0 fully saturated rings. The molecule has 2 atom stereocenters. The zero-order valence-electron chi connectivity index (χ0n) is 17.7. The molecule has 6 nitrogen and oxygen atoms in total. The van der Waals surface area contributed by atoms with E-state index >= 15 is 0 Å². The molecule has 0 aromatic heterocycles. The summed E-state index contributed by atoms with van der Waals surface area (Å²) in [4.78, 5) is 13.0. The van der Waals surface area contributed by atoms with E-state index in [1.165, 1.54) is 0 Å². The molecule has 156 valence electrons. The van der Waals surface area contributed by atoms with Gasteiger partial charge in [-0.15, -0.1) is 0 Å². The number of methoxy groups -OCH3 is 2. The maximum atomic E-state index is 13.0. The van der Waals surface area contributed by atoms with E-state index in [4.69, 9.17) is 18.9 Å². The minimum absolute atomic E-state index is 0.160. The first-order chi connectivity index (χ1) is 13.8. The Morgan fingerprint density at radius 3 is 2.52 bits per heavy atom. The quantitative estimate of drug-likeness (QED) is 0.753. The molecular weight excluding hydrogens is 370 g/mol. The van der Waals surface area contributed by atoms with E-state index in [-0.39, 0.29) is 11.9 Å². The summed E-state index contributed by atoms with van der Waals surface area (Å²) in [5.74, 6) is 2.61. The van der Waals surface area contributed by atoms with Crippen LogP contribution in [0, 0.1) is 0 Å². The number of fused-ring (bicyclic) bond motifs is 1. The third-order valence-corrected chi connectivity index (χ3v) is 4.97. The number of benzene rings is 2. The van der Waals surface area contributed by atoms with Gasteiger partial charge >= 0.3 is 0 Å². The van der Waals surface area contributed by atoms with E-state index in [0.29, 0.717) is 24.3 Å². The summed E-state index contributed by atoms with van der Waals surface area (Å²) in [5, 5.41) is 3.15. The maximum Gasteiger partial charge on any atom is 0.261 e. The average molecular weight is 399 g/mol. The van der Waals surface area contributed by atoms with E-state index in [1.807, 2.05) is 57.2 Å². The molecule has 2 aromatic rings. The monoisotopic (exact) mass is 399 g/mol. The molecule has 1 aliphatic heterocycles. The van der Waals surface area contributed by atoms with Gasteiger partial charge < -0.3 is 24.3 Å². The number of carbonyl (C=O) groups is 1. The van der Waals surface area contributed by atoms with Gasteiger partial charge in [0.25, 0.3) is 5.91 Å². The van der Waals surface area contributed by atoms with Crippen LogP contribution in [0.25, 0.3) is 0 Å². The lowest BCUT2D eigenvalue weighted by molar-refractivity contribution is -0.129. The highest BCUT2D eigenvalue weighted by Crippen LogP contribution is 2.41. The van der Waals surface area contributed by atoms with Gasteiger partial charge in [0.1, 0.15) is 28.6 Å². The number of hydrogen-bond donors (Lipinski definition) is 1. The highest BCUT2D eigenvalue weighted by Gasteiger charge is 2.36. The minimum Gasteiger partial charge on any atom is -0.497 e. The zero-order valence-corrected chi connectivity index (χ0v) is 17.7. The SMILES string of the molecule is CCC(Oc1cccc(OC)c1)C(=O)NC1CC(C)(C)Oc2ccc(OC)cc21. The van der Waals surface area contributed by atoms with Gasteiger partial charge in [-0.2, -0.15) is 0 Å². The van der Waals surface area contributed by atoms with Crippen molar-refractivity contribution in [2.75, 3.05) is 14.2 Å². The summed E-state index contributed by atoms with van der Waals surface area (Å²) >= 11 is 0. The van der Waals surface area contributed by atoms with E-state index < -0.39 is 11.7 Å². The van der Waals surface area contributed by atoms with Crippen LogP contribution >= 0.6 is 0 Å². The molecule has 1 aliphatic rings. The van der Waals surface area contributed by atoms with Gasteiger partial charge in [-0.05, 0) is 50.6 Å². The Morgan fingerprint density at radius 1 is 1.14 bits per heavy atom. The van der Waals surface area contributed by atoms with Crippen molar-refractivity contribution in [1.82, 2.24) is 5.32 Å². The molecule has 6 heteroatoms. The molecule has 1 amide bonds. The van der Waals surface area contributed by atoms with Gasteiger partial charge in [-0.25, -0.2) is 0 Å². The van der Waals surface area contributed by atoms with Crippen molar-refractivity contribution >= 4 is 5.91 Å². The van der Waals surface area contributed by atoms with Crippen LogP contribution < -0.4 is 24.3 Å². The molecule has 2 unspecified atom stereocenters. The standard InChI is InChI=1S/C23H29NO5/c1-6-20(28-17-9-7-8-15(12-17)26-4)22(25)24-19-14-23(2,3)29-21-11-10-16(27-5)13-18(19)21/h7-13,19-20H,6,14H2,1-5H3,(H,24,25). The minimum atomic E-state index is -0.609. The third kappa shape index (κ3) is 4.94.